The lowest BCUT2D eigenvalue weighted by Gasteiger charge is -2.21. The Bertz CT molecular complexity index is 772. The number of hydrogen-bond donors (Lipinski definition) is 1. The molecule has 3 rings (SSSR count). The third kappa shape index (κ3) is 2.43. The van der Waals surface area contributed by atoms with Crippen molar-refractivity contribution < 1.29 is 0 Å². The van der Waals surface area contributed by atoms with Crippen molar-refractivity contribution >= 4 is 27.8 Å². The van der Waals surface area contributed by atoms with E-state index < -0.39 is 0 Å². The number of aromatic nitrogens is 2. The van der Waals surface area contributed by atoms with Gasteiger partial charge in [0, 0.05) is 30.9 Å². The van der Waals surface area contributed by atoms with E-state index in [1.807, 2.05) is 7.05 Å². The molecule has 3 aromatic rings. The second-order valence-electron chi connectivity index (χ2n) is 5.32. The van der Waals surface area contributed by atoms with Crippen LogP contribution in [0, 0.1) is 13.8 Å². The van der Waals surface area contributed by atoms with Gasteiger partial charge in [-0.15, -0.1) is 11.3 Å². The van der Waals surface area contributed by atoms with Crippen LogP contribution in [0.3, 0.4) is 0 Å². The van der Waals surface area contributed by atoms with E-state index >= 15 is 0 Å². The minimum Gasteiger partial charge on any atom is -0.328 e. The Balaban J connectivity index is 2.10. The molecule has 0 aliphatic heterocycles. The molecule has 2 aromatic heterocycles. The van der Waals surface area contributed by atoms with Crippen LogP contribution in [0.4, 0.5) is 11.5 Å². The Morgan fingerprint density at radius 3 is 2.86 bits per heavy atom. The van der Waals surface area contributed by atoms with Gasteiger partial charge in [0.1, 0.15) is 0 Å². The summed E-state index contributed by atoms with van der Waals surface area (Å²) in [6, 6.07) is 6.53. The van der Waals surface area contributed by atoms with E-state index in [0.29, 0.717) is 0 Å². The number of anilines is 2. The van der Waals surface area contributed by atoms with Crippen molar-refractivity contribution in [2.24, 2.45) is 0 Å². The molecule has 0 aliphatic carbocycles. The minimum absolute atomic E-state index is 0.794. The predicted molar refractivity (Wildman–Crippen MR) is 89.8 cm³/mol. The van der Waals surface area contributed by atoms with Gasteiger partial charge in [0.05, 0.1) is 5.69 Å². The van der Waals surface area contributed by atoms with E-state index in [2.05, 4.69) is 65.3 Å². The van der Waals surface area contributed by atoms with Crippen molar-refractivity contribution in [3.05, 3.63) is 46.6 Å². The van der Waals surface area contributed by atoms with Crippen LogP contribution in [0.1, 0.15) is 16.8 Å². The number of imidazole rings is 1. The molecular formula is C16H20N4S. The maximum atomic E-state index is 4.80. The summed E-state index contributed by atoms with van der Waals surface area (Å²) < 4.78 is 2.16. The van der Waals surface area contributed by atoms with Crippen molar-refractivity contribution in [3.8, 4) is 0 Å². The Labute approximate surface area is 129 Å². The summed E-state index contributed by atoms with van der Waals surface area (Å²) >= 11 is 1.66. The molecule has 110 valence electrons. The summed E-state index contributed by atoms with van der Waals surface area (Å²) in [6.07, 6.45) is 2.08. The Morgan fingerprint density at radius 2 is 2.14 bits per heavy atom. The number of rotatable bonds is 4. The van der Waals surface area contributed by atoms with Gasteiger partial charge in [-0.05, 0) is 32.5 Å². The molecule has 0 aliphatic rings. The summed E-state index contributed by atoms with van der Waals surface area (Å²) in [7, 11) is 4.05. The van der Waals surface area contributed by atoms with E-state index in [9.17, 15) is 0 Å². The van der Waals surface area contributed by atoms with Gasteiger partial charge in [0.15, 0.2) is 10.8 Å². The lowest BCUT2D eigenvalue weighted by atomic mass is 10.1. The molecule has 4 nitrogen and oxygen atoms in total. The first-order valence-corrected chi connectivity index (χ1v) is 7.90. The van der Waals surface area contributed by atoms with Crippen LogP contribution in [0.25, 0.3) is 4.96 Å². The van der Waals surface area contributed by atoms with E-state index in [1.165, 1.54) is 22.5 Å². The van der Waals surface area contributed by atoms with Gasteiger partial charge < -0.3 is 10.2 Å². The highest BCUT2D eigenvalue weighted by molar-refractivity contribution is 7.15. The molecule has 2 heterocycles. The zero-order valence-electron chi connectivity index (χ0n) is 12.8. The second-order valence-corrected chi connectivity index (χ2v) is 6.19. The average Bonchev–Trinajstić information content (AvgIpc) is 3.01. The highest BCUT2D eigenvalue weighted by Gasteiger charge is 2.18. The Morgan fingerprint density at radius 1 is 1.33 bits per heavy atom. The third-order valence-corrected chi connectivity index (χ3v) is 4.47. The van der Waals surface area contributed by atoms with Gasteiger partial charge in [-0.3, -0.25) is 4.40 Å². The highest BCUT2D eigenvalue weighted by Crippen LogP contribution is 2.31. The smallest absolute Gasteiger partial charge is 0.195 e. The highest BCUT2D eigenvalue weighted by atomic mass is 32.1. The maximum absolute atomic E-state index is 4.80. The van der Waals surface area contributed by atoms with Crippen LogP contribution in [-0.2, 0) is 6.54 Å². The molecule has 0 unspecified atom stereocenters. The van der Waals surface area contributed by atoms with Gasteiger partial charge in [-0.1, -0.05) is 17.7 Å². The molecule has 1 aromatic carbocycles. The number of hydrogen-bond acceptors (Lipinski definition) is 4. The molecule has 1 N–H and O–H groups in total. The normalized spacial score (nSPS) is 11.2. The van der Waals surface area contributed by atoms with Crippen LogP contribution in [0.15, 0.2) is 29.8 Å². The Hall–Kier alpha value is -1.85. The Kier molecular flexibility index (Phi) is 3.69. The molecule has 0 atom stereocenters. The van der Waals surface area contributed by atoms with Crippen LogP contribution in [0.5, 0.6) is 0 Å². The number of nitrogens with one attached hydrogen (secondary N) is 1. The van der Waals surface area contributed by atoms with E-state index in [1.54, 1.807) is 11.3 Å². The topological polar surface area (TPSA) is 32.6 Å². The number of thiazole rings is 1. The zero-order chi connectivity index (χ0) is 15.0. The summed E-state index contributed by atoms with van der Waals surface area (Å²) in [4.78, 5) is 8.01. The largest absolute Gasteiger partial charge is 0.328 e. The third-order valence-electron chi connectivity index (χ3n) is 3.72. The van der Waals surface area contributed by atoms with Crippen molar-refractivity contribution in [3.63, 3.8) is 0 Å². The average molecular weight is 300 g/mol. The molecule has 21 heavy (non-hydrogen) atoms. The zero-order valence-corrected chi connectivity index (χ0v) is 13.7. The number of aryl methyl sites for hydroxylation is 2. The molecule has 0 saturated carbocycles. The van der Waals surface area contributed by atoms with Gasteiger partial charge in [0.25, 0.3) is 0 Å². The van der Waals surface area contributed by atoms with Crippen LogP contribution >= 0.6 is 11.3 Å². The lowest BCUT2D eigenvalue weighted by molar-refractivity contribution is 0.782. The van der Waals surface area contributed by atoms with Gasteiger partial charge in [-0.25, -0.2) is 4.98 Å². The first-order valence-electron chi connectivity index (χ1n) is 7.02. The molecule has 0 radical (unpaired) electrons. The first kappa shape index (κ1) is 14.1. The molecule has 0 fully saturated rings. The quantitative estimate of drug-likeness (QED) is 0.800. The van der Waals surface area contributed by atoms with Gasteiger partial charge in [-0.2, -0.15) is 0 Å². The van der Waals surface area contributed by atoms with Gasteiger partial charge >= 0.3 is 0 Å². The van der Waals surface area contributed by atoms with Crippen LogP contribution in [0.2, 0.25) is 0 Å². The molecule has 0 bridgehead atoms. The molecule has 5 heteroatoms. The van der Waals surface area contributed by atoms with E-state index in [-0.39, 0.29) is 0 Å². The fraction of sp³-hybridized carbons (Fsp3) is 0.312. The van der Waals surface area contributed by atoms with E-state index in [4.69, 9.17) is 4.98 Å². The molecule has 0 spiro atoms. The standard InChI is InChI=1S/C16H20N4S/c1-11-5-6-13(12(2)9-11)19(4)15-14(10-17-3)20-7-8-21-16(20)18-15/h5-9,17H,10H2,1-4H3. The summed E-state index contributed by atoms with van der Waals surface area (Å²) in [5.74, 6) is 1.02. The minimum atomic E-state index is 0.794. The van der Waals surface area contributed by atoms with Crippen LogP contribution in [-0.4, -0.2) is 23.5 Å². The fourth-order valence-electron chi connectivity index (χ4n) is 2.72. The summed E-state index contributed by atoms with van der Waals surface area (Å²) in [6.45, 7) is 5.06. The molecular weight excluding hydrogens is 280 g/mol. The van der Waals surface area contributed by atoms with Gasteiger partial charge in [0.2, 0.25) is 0 Å². The lowest BCUT2D eigenvalue weighted by Crippen LogP contribution is -2.16. The van der Waals surface area contributed by atoms with Crippen molar-refractivity contribution in [1.82, 2.24) is 14.7 Å². The first-order chi connectivity index (χ1) is 10.1. The van der Waals surface area contributed by atoms with Crippen molar-refractivity contribution in [2.75, 3.05) is 19.0 Å². The van der Waals surface area contributed by atoms with E-state index in [0.717, 1.165) is 17.3 Å². The number of nitrogens with zero attached hydrogens (tertiary/aromatic N) is 3. The number of benzene rings is 1. The fourth-order valence-corrected chi connectivity index (χ4v) is 3.45. The van der Waals surface area contributed by atoms with Crippen LogP contribution < -0.4 is 10.2 Å². The maximum Gasteiger partial charge on any atom is 0.195 e. The number of fused-ring (bicyclic) bond motifs is 1. The second kappa shape index (κ2) is 5.50. The monoisotopic (exact) mass is 300 g/mol. The van der Waals surface area contributed by atoms with Crippen molar-refractivity contribution in [1.29, 1.82) is 0 Å². The molecule has 0 saturated heterocycles. The summed E-state index contributed by atoms with van der Waals surface area (Å²) in [5.41, 5.74) is 4.94. The molecule has 0 amide bonds. The SMILES string of the molecule is CNCc1c(N(C)c2ccc(C)cc2C)nc2sccn12. The predicted octanol–water partition coefficient (Wildman–Crippen LogP) is 3.50. The summed E-state index contributed by atoms with van der Waals surface area (Å²) in [5, 5.41) is 5.31. The van der Waals surface area contributed by atoms with Crippen molar-refractivity contribution in [2.45, 2.75) is 20.4 Å².